The molecule has 138 valence electrons. The number of amides is 2. The van der Waals surface area contributed by atoms with E-state index in [1.54, 1.807) is 20.8 Å². The Hall–Kier alpha value is -1.70. The summed E-state index contributed by atoms with van der Waals surface area (Å²) in [6, 6.07) is 1.52. The van der Waals surface area contributed by atoms with Gasteiger partial charge >= 0.3 is 6.09 Å². The highest BCUT2D eigenvalue weighted by molar-refractivity contribution is 9.10. The highest BCUT2D eigenvalue weighted by atomic mass is 79.9. The van der Waals surface area contributed by atoms with Crippen LogP contribution in [0.2, 0.25) is 0 Å². The number of rotatable bonds is 2. The fourth-order valence-corrected chi connectivity index (χ4v) is 2.93. The number of carbonyl (C=O) groups is 2. The molecule has 0 unspecified atom stereocenters. The monoisotopic (exact) mass is 418 g/mol. The lowest BCUT2D eigenvalue weighted by Gasteiger charge is -2.33. The van der Waals surface area contributed by atoms with Crippen LogP contribution in [-0.2, 0) is 4.74 Å². The van der Waals surface area contributed by atoms with Crippen LogP contribution in [0.3, 0.4) is 0 Å². The quantitative estimate of drug-likeness (QED) is 0.741. The maximum atomic E-state index is 14.0. The summed E-state index contributed by atoms with van der Waals surface area (Å²) in [5.74, 6) is -2.09. The Balaban J connectivity index is 2.04. The third-order valence-corrected chi connectivity index (χ3v) is 4.28. The van der Waals surface area contributed by atoms with Gasteiger partial charge in [-0.3, -0.25) is 4.79 Å². The van der Waals surface area contributed by atoms with E-state index in [1.807, 2.05) is 0 Å². The number of benzene rings is 1. The first-order valence-electron chi connectivity index (χ1n) is 8.00. The van der Waals surface area contributed by atoms with Crippen molar-refractivity contribution in [3.05, 3.63) is 33.8 Å². The van der Waals surface area contributed by atoms with Crippen molar-refractivity contribution in [2.75, 3.05) is 13.1 Å². The molecule has 0 spiro atoms. The Morgan fingerprint density at radius 2 is 1.96 bits per heavy atom. The number of halogens is 3. The molecule has 1 fully saturated rings. The van der Waals surface area contributed by atoms with Gasteiger partial charge in [0.1, 0.15) is 17.2 Å². The van der Waals surface area contributed by atoms with E-state index in [9.17, 15) is 18.4 Å². The van der Waals surface area contributed by atoms with Gasteiger partial charge in [0.25, 0.3) is 5.91 Å². The predicted octanol–water partition coefficient (Wildman–Crippen LogP) is 3.86. The van der Waals surface area contributed by atoms with Crippen LogP contribution in [0.1, 0.15) is 44.0 Å². The van der Waals surface area contributed by atoms with E-state index in [-0.39, 0.29) is 22.6 Å². The smallest absolute Gasteiger partial charge is 0.407 e. The topological polar surface area (TPSA) is 58.6 Å². The largest absolute Gasteiger partial charge is 0.444 e. The number of likely N-dealkylation sites (tertiary alicyclic amines) is 1. The van der Waals surface area contributed by atoms with Crippen molar-refractivity contribution in [2.24, 2.45) is 0 Å². The van der Waals surface area contributed by atoms with Crippen molar-refractivity contribution < 1.29 is 23.1 Å². The molecule has 1 aromatic rings. The molecule has 0 radical (unpaired) electrons. The first-order chi connectivity index (χ1) is 11.6. The van der Waals surface area contributed by atoms with E-state index in [4.69, 9.17) is 4.74 Å². The summed E-state index contributed by atoms with van der Waals surface area (Å²) < 4.78 is 32.8. The molecule has 25 heavy (non-hydrogen) atoms. The number of piperidine rings is 1. The second-order valence-electron chi connectivity index (χ2n) is 6.98. The minimum absolute atomic E-state index is 0.0373. The van der Waals surface area contributed by atoms with Gasteiger partial charge in [0.05, 0.1) is 10.0 Å². The Morgan fingerprint density at radius 3 is 2.60 bits per heavy atom. The molecule has 1 saturated heterocycles. The zero-order chi connectivity index (χ0) is 18.8. The molecule has 1 atom stereocenters. The van der Waals surface area contributed by atoms with Gasteiger partial charge in [0.2, 0.25) is 0 Å². The van der Waals surface area contributed by atoms with Gasteiger partial charge in [0, 0.05) is 19.1 Å². The zero-order valence-electron chi connectivity index (χ0n) is 14.4. The minimum Gasteiger partial charge on any atom is -0.444 e. The number of ether oxygens (including phenoxy) is 1. The van der Waals surface area contributed by atoms with Crippen molar-refractivity contribution in [3.8, 4) is 0 Å². The van der Waals surface area contributed by atoms with Crippen LogP contribution in [-0.4, -0.2) is 41.6 Å². The summed E-state index contributed by atoms with van der Waals surface area (Å²) in [5.41, 5.74) is -0.939. The second-order valence-corrected chi connectivity index (χ2v) is 7.84. The first kappa shape index (κ1) is 19.6. The highest BCUT2D eigenvalue weighted by Gasteiger charge is 2.28. The third-order valence-electron chi connectivity index (χ3n) is 3.67. The second kappa shape index (κ2) is 7.68. The summed E-state index contributed by atoms with van der Waals surface area (Å²) >= 11 is 2.88. The van der Waals surface area contributed by atoms with E-state index >= 15 is 0 Å². The summed E-state index contributed by atoms with van der Waals surface area (Å²) in [5, 5.41) is 2.72. The highest BCUT2D eigenvalue weighted by Crippen LogP contribution is 2.22. The molecule has 1 aliphatic heterocycles. The first-order valence-corrected chi connectivity index (χ1v) is 8.79. The van der Waals surface area contributed by atoms with Crippen LogP contribution >= 0.6 is 15.9 Å². The van der Waals surface area contributed by atoms with E-state index in [2.05, 4.69) is 21.2 Å². The van der Waals surface area contributed by atoms with Gasteiger partial charge < -0.3 is 15.0 Å². The summed E-state index contributed by atoms with van der Waals surface area (Å²) in [6.45, 7) is 5.91. The molecular formula is C17H21BrF2N2O3. The fraction of sp³-hybridized carbons (Fsp3) is 0.529. The van der Waals surface area contributed by atoms with Crippen LogP contribution in [0.15, 0.2) is 16.6 Å². The molecule has 1 N–H and O–H groups in total. The molecule has 0 bridgehead atoms. The van der Waals surface area contributed by atoms with Gasteiger partial charge in [-0.15, -0.1) is 0 Å². The average molecular weight is 419 g/mol. The normalized spacial score (nSPS) is 18.0. The predicted molar refractivity (Wildman–Crippen MR) is 92.4 cm³/mol. The molecule has 5 nitrogen and oxygen atoms in total. The van der Waals surface area contributed by atoms with Crippen LogP contribution in [0, 0.1) is 11.6 Å². The van der Waals surface area contributed by atoms with E-state index in [1.165, 1.54) is 4.90 Å². The van der Waals surface area contributed by atoms with Gasteiger partial charge in [-0.25, -0.2) is 13.6 Å². The molecule has 0 saturated carbocycles. The Bertz CT molecular complexity index is 677. The molecule has 1 aliphatic rings. The van der Waals surface area contributed by atoms with Crippen molar-refractivity contribution in [3.63, 3.8) is 0 Å². The molecule has 8 heteroatoms. The Kier molecular flexibility index (Phi) is 6.03. The molecule has 0 aliphatic carbocycles. The molecular weight excluding hydrogens is 398 g/mol. The lowest BCUT2D eigenvalue weighted by atomic mass is 10.0. The van der Waals surface area contributed by atoms with E-state index in [0.717, 1.165) is 12.1 Å². The lowest BCUT2D eigenvalue weighted by Crippen LogP contribution is -2.50. The van der Waals surface area contributed by atoms with Crippen LogP contribution in [0.5, 0.6) is 0 Å². The average Bonchev–Trinajstić information content (AvgIpc) is 2.48. The standard InChI is InChI=1S/C17H21BrF2N2O3/c1-17(2,3)25-16(24)21-10-5-4-6-22(9-10)15(23)11-7-14(20)12(18)8-13(11)19/h7-8,10H,4-6,9H2,1-3H3,(H,21,24)/t10-/m1/s1. The number of nitrogens with zero attached hydrogens (tertiary/aromatic N) is 1. The lowest BCUT2D eigenvalue weighted by molar-refractivity contribution is 0.0451. The number of hydrogen-bond acceptors (Lipinski definition) is 3. The summed E-state index contributed by atoms with van der Waals surface area (Å²) in [7, 11) is 0. The minimum atomic E-state index is -0.791. The zero-order valence-corrected chi connectivity index (χ0v) is 16.0. The van der Waals surface area contributed by atoms with Crippen molar-refractivity contribution in [1.29, 1.82) is 0 Å². The SMILES string of the molecule is CC(C)(C)OC(=O)N[C@@H]1CCCN(C(=O)c2cc(F)c(Br)cc2F)C1. The van der Waals surface area contributed by atoms with Crippen LogP contribution in [0.4, 0.5) is 13.6 Å². The van der Waals surface area contributed by atoms with Gasteiger partial charge in [-0.1, -0.05) is 0 Å². The van der Waals surface area contributed by atoms with Gasteiger partial charge in [0.15, 0.2) is 0 Å². The number of nitrogens with one attached hydrogen (secondary N) is 1. The van der Waals surface area contributed by atoms with Gasteiger partial charge in [-0.05, 0) is 61.7 Å². The number of carbonyl (C=O) groups excluding carboxylic acids is 2. The van der Waals surface area contributed by atoms with Crippen molar-refractivity contribution >= 4 is 27.9 Å². The molecule has 0 aromatic heterocycles. The molecule has 1 heterocycles. The Morgan fingerprint density at radius 1 is 1.28 bits per heavy atom. The molecule has 1 aromatic carbocycles. The Labute approximate surface area is 153 Å². The number of alkyl carbamates (subject to hydrolysis) is 1. The maximum absolute atomic E-state index is 14.0. The molecule has 2 rings (SSSR count). The third kappa shape index (κ3) is 5.39. The fourth-order valence-electron chi connectivity index (χ4n) is 2.61. The van der Waals surface area contributed by atoms with Crippen LogP contribution < -0.4 is 5.32 Å². The van der Waals surface area contributed by atoms with E-state index < -0.39 is 29.2 Å². The van der Waals surface area contributed by atoms with E-state index in [0.29, 0.717) is 19.4 Å². The van der Waals surface area contributed by atoms with Crippen LogP contribution in [0.25, 0.3) is 0 Å². The molecule has 2 amide bonds. The van der Waals surface area contributed by atoms with Gasteiger partial charge in [-0.2, -0.15) is 0 Å². The summed E-state index contributed by atoms with van der Waals surface area (Å²) in [6.07, 6.45) is 0.764. The summed E-state index contributed by atoms with van der Waals surface area (Å²) in [4.78, 5) is 25.8. The van der Waals surface area contributed by atoms with Crippen molar-refractivity contribution in [1.82, 2.24) is 10.2 Å². The number of hydrogen-bond donors (Lipinski definition) is 1. The maximum Gasteiger partial charge on any atom is 0.407 e. The van der Waals surface area contributed by atoms with Crippen molar-refractivity contribution in [2.45, 2.75) is 45.3 Å².